The first-order chi connectivity index (χ1) is 19.6. The van der Waals surface area contributed by atoms with Crippen molar-refractivity contribution in [3.63, 3.8) is 0 Å². The number of allylic oxidation sites excluding steroid dienone is 1. The van der Waals surface area contributed by atoms with E-state index in [1.165, 1.54) is 22.5 Å². The van der Waals surface area contributed by atoms with Crippen molar-refractivity contribution in [1.82, 2.24) is 0 Å². The molecule has 208 valence electrons. The fourth-order valence-corrected chi connectivity index (χ4v) is 6.62. The number of hydrogen-bond donors (Lipinski definition) is 0. The molecule has 0 saturated carbocycles. The van der Waals surface area contributed by atoms with Gasteiger partial charge < -0.3 is 14.4 Å². The Morgan fingerprint density at radius 1 is 0.732 bits per heavy atom. The second kappa shape index (κ2) is 10.0. The number of carbonyl (C=O) groups excluding carboxylic acids is 2. The SMILES string of the molecule is CC(C)Oc1cc(N2c3ccccc3C(C)(C)c3ccccc32)c(OC(C)C)cc1C=C1C(=O)c2cscc2C1=O. The van der Waals surface area contributed by atoms with Gasteiger partial charge in [-0.3, -0.25) is 9.59 Å². The molecule has 0 spiro atoms. The second-order valence-corrected chi connectivity index (χ2v) is 12.3. The van der Waals surface area contributed by atoms with Gasteiger partial charge in [0, 0.05) is 38.9 Å². The topological polar surface area (TPSA) is 55.8 Å². The summed E-state index contributed by atoms with van der Waals surface area (Å²) in [4.78, 5) is 28.5. The summed E-state index contributed by atoms with van der Waals surface area (Å²) in [6.07, 6.45) is 1.41. The number of fused-ring (bicyclic) bond motifs is 3. The number of nitrogens with zero attached hydrogens (tertiary/aromatic N) is 1. The Morgan fingerprint density at radius 3 is 1.78 bits per heavy atom. The molecule has 1 aromatic heterocycles. The van der Waals surface area contributed by atoms with Crippen molar-refractivity contribution in [2.75, 3.05) is 4.90 Å². The Bertz CT molecular complexity index is 1640. The molecule has 3 aromatic carbocycles. The standard InChI is InChI=1S/C35H33NO4S/c1-20(2)39-31-17-30(36-28-13-9-7-11-26(28)35(5,6)27-12-8-10-14-29(27)36)32(40-21(3)4)16-22(31)15-23-33(37)24-18-41-19-25(24)34(23)38/h7-21H,1-6H3. The van der Waals surface area contributed by atoms with Gasteiger partial charge in [0.05, 0.1) is 34.8 Å². The summed E-state index contributed by atoms with van der Waals surface area (Å²) in [5.41, 5.74) is 6.89. The third-order valence-electron chi connectivity index (χ3n) is 7.63. The van der Waals surface area contributed by atoms with Gasteiger partial charge in [0.2, 0.25) is 0 Å². The molecular formula is C35H33NO4S. The van der Waals surface area contributed by atoms with Crippen molar-refractivity contribution in [2.45, 2.75) is 59.2 Å². The first-order valence-electron chi connectivity index (χ1n) is 14.0. The van der Waals surface area contributed by atoms with E-state index in [1.807, 2.05) is 39.8 Å². The number of rotatable bonds is 6. The van der Waals surface area contributed by atoms with Gasteiger partial charge in [0.25, 0.3) is 0 Å². The average molecular weight is 564 g/mol. The highest BCUT2D eigenvalue weighted by Gasteiger charge is 2.38. The number of para-hydroxylation sites is 2. The Balaban J connectivity index is 1.59. The van der Waals surface area contributed by atoms with E-state index in [1.54, 1.807) is 16.8 Å². The third kappa shape index (κ3) is 4.47. The molecule has 0 bridgehead atoms. The van der Waals surface area contributed by atoms with Crippen LogP contribution in [0.2, 0.25) is 0 Å². The van der Waals surface area contributed by atoms with Gasteiger partial charge in [-0.2, -0.15) is 11.3 Å². The van der Waals surface area contributed by atoms with Gasteiger partial charge in [0.15, 0.2) is 11.6 Å². The van der Waals surface area contributed by atoms with Gasteiger partial charge >= 0.3 is 0 Å². The quantitative estimate of drug-likeness (QED) is 0.173. The van der Waals surface area contributed by atoms with Crippen LogP contribution in [-0.4, -0.2) is 23.8 Å². The molecule has 0 saturated heterocycles. The minimum absolute atomic E-state index is 0.112. The van der Waals surface area contributed by atoms with Crippen LogP contribution >= 0.6 is 11.3 Å². The maximum atomic E-state index is 13.2. The van der Waals surface area contributed by atoms with Crippen LogP contribution in [0.5, 0.6) is 11.5 Å². The molecule has 0 fully saturated rings. The zero-order chi connectivity index (χ0) is 29.1. The number of carbonyl (C=O) groups is 2. The molecule has 0 radical (unpaired) electrons. The highest BCUT2D eigenvalue weighted by atomic mass is 32.1. The zero-order valence-electron chi connectivity index (χ0n) is 24.1. The van der Waals surface area contributed by atoms with Crippen LogP contribution in [0.1, 0.15) is 78.9 Å². The molecule has 6 rings (SSSR count). The van der Waals surface area contributed by atoms with E-state index in [0.29, 0.717) is 28.2 Å². The summed E-state index contributed by atoms with van der Waals surface area (Å²) in [5.74, 6) is 0.712. The Kier molecular flexibility index (Phi) is 6.62. The maximum Gasteiger partial charge on any atom is 0.198 e. The molecular weight excluding hydrogens is 530 g/mol. The number of ether oxygens (including phenoxy) is 2. The Hall–Kier alpha value is -4.16. The molecule has 4 aromatic rings. The van der Waals surface area contributed by atoms with E-state index in [9.17, 15) is 9.59 Å². The van der Waals surface area contributed by atoms with E-state index in [2.05, 4.69) is 67.3 Å². The predicted octanol–water partition coefficient (Wildman–Crippen LogP) is 8.89. The van der Waals surface area contributed by atoms with Crippen LogP contribution < -0.4 is 14.4 Å². The number of Topliss-reactive ketones (excluding diaryl/α,β-unsaturated/α-hetero) is 2. The largest absolute Gasteiger partial charge is 0.490 e. The number of benzene rings is 3. The summed E-state index contributed by atoms with van der Waals surface area (Å²) < 4.78 is 12.8. The lowest BCUT2D eigenvalue weighted by atomic mass is 9.73. The summed E-state index contributed by atoms with van der Waals surface area (Å²) in [7, 11) is 0. The molecule has 41 heavy (non-hydrogen) atoms. The summed E-state index contributed by atoms with van der Waals surface area (Å²) >= 11 is 1.37. The normalized spacial score (nSPS) is 15.2. The summed E-state index contributed by atoms with van der Waals surface area (Å²) in [6.45, 7) is 12.4. The smallest absolute Gasteiger partial charge is 0.198 e. The van der Waals surface area contributed by atoms with E-state index >= 15 is 0 Å². The van der Waals surface area contributed by atoms with Crippen LogP contribution in [0.15, 0.2) is 77.0 Å². The van der Waals surface area contributed by atoms with E-state index in [-0.39, 0.29) is 34.8 Å². The minimum atomic E-state index is -0.252. The van der Waals surface area contributed by atoms with Crippen LogP contribution in [0, 0.1) is 0 Å². The summed E-state index contributed by atoms with van der Waals surface area (Å²) in [5, 5.41) is 3.48. The fraction of sp³-hybridized carbons (Fsp3) is 0.257. The van der Waals surface area contributed by atoms with Crippen molar-refractivity contribution in [2.24, 2.45) is 0 Å². The maximum absolute atomic E-state index is 13.2. The predicted molar refractivity (Wildman–Crippen MR) is 166 cm³/mol. The molecule has 6 heteroatoms. The summed E-state index contributed by atoms with van der Waals surface area (Å²) in [6, 6.07) is 20.8. The van der Waals surface area contributed by atoms with Gasteiger partial charge in [-0.1, -0.05) is 50.2 Å². The first kappa shape index (κ1) is 27.0. The fourth-order valence-electron chi connectivity index (χ4n) is 5.81. The van der Waals surface area contributed by atoms with Crippen molar-refractivity contribution in [3.8, 4) is 11.5 Å². The minimum Gasteiger partial charge on any atom is -0.490 e. The van der Waals surface area contributed by atoms with Gasteiger partial charge in [-0.05, 0) is 63.1 Å². The van der Waals surface area contributed by atoms with Crippen LogP contribution in [0.3, 0.4) is 0 Å². The first-order valence-corrected chi connectivity index (χ1v) is 14.9. The number of anilines is 3. The van der Waals surface area contributed by atoms with Crippen LogP contribution in [-0.2, 0) is 5.41 Å². The lowest BCUT2D eigenvalue weighted by Crippen LogP contribution is -2.30. The van der Waals surface area contributed by atoms with Crippen LogP contribution in [0.4, 0.5) is 17.1 Å². The highest BCUT2D eigenvalue weighted by molar-refractivity contribution is 7.08. The Morgan fingerprint density at radius 2 is 1.24 bits per heavy atom. The van der Waals surface area contributed by atoms with Gasteiger partial charge in [-0.25, -0.2) is 0 Å². The molecule has 0 unspecified atom stereocenters. The van der Waals surface area contributed by atoms with Crippen molar-refractivity contribution in [3.05, 3.63) is 105 Å². The average Bonchev–Trinajstić information content (AvgIpc) is 3.50. The van der Waals surface area contributed by atoms with E-state index in [4.69, 9.17) is 9.47 Å². The number of hydrogen-bond acceptors (Lipinski definition) is 6. The lowest BCUT2D eigenvalue weighted by molar-refractivity contribution is 0.0990. The van der Waals surface area contributed by atoms with Crippen molar-refractivity contribution in [1.29, 1.82) is 0 Å². The molecule has 0 N–H and O–H groups in total. The number of ketones is 2. The van der Waals surface area contributed by atoms with Gasteiger partial charge in [-0.15, -0.1) is 0 Å². The zero-order valence-corrected chi connectivity index (χ0v) is 25.0. The van der Waals surface area contributed by atoms with Crippen LogP contribution in [0.25, 0.3) is 6.08 Å². The molecule has 1 aliphatic heterocycles. The Labute approximate surface area is 245 Å². The van der Waals surface area contributed by atoms with Crippen molar-refractivity contribution < 1.29 is 19.1 Å². The monoisotopic (exact) mass is 563 g/mol. The molecule has 1 aliphatic carbocycles. The molecule has 0 atom stereocenters. The third-order valence-corrected chi connectivity index (χ3v) is 8.38. The molecule has 0 amide bonds. The molecule has 5 nitrogen and oxygen atoms in total. The molecule has 2 heterocycles. The second-order valence-electron chi connectivity index (χ2n) is 11.6. The number of thiophene rings is 1. The molecule has 2 aliphatic rings. The van der Waals surface area contributed by atoms with E-state index < -0.39 is 0 Å². The highest BCUT2D eigenvalue weighted by Crippen LogP contribution is 2.54. The van der Waals surface area contributed by atoms with Crippen molar-refractivity contribution >= 4 is 46.0 Å². The van der Waals surface area contributed by atoms with E-state index in [0.717, 1.165) is 17.1 Å². The lowest BCUT2D eigenvalue weighted by Gasteiger charge is -2.42. The van der Waals surface area contributed by atoms with Gasteiger partial charge in [0.1, 0.15) is 11.5 Å².